The lowest BCUT2D eigenvalue weighted by Crippen LogP contribution is -2.38. The van der Waals surface area contributed by atoms with Crippen LogP contribution in [-0.4, -0.2) is 36.0 Å². The van der Waals surface area contributed by atoms with Crippen molar-refractivity contribution in [2.45, 2.75) is 13.1 Å². The Morgan fingerprint density at radius 2 is 2.00 bits per heavy atom. The van der Waals surface area contributed by atoms with E-state index in [1.54, 1.807) is 17.0 Å². The van der Waals surface area contributed by atoms with Gasteiger partial charge in [-0.05, 0) is 23.7 Å². The van der Waals surface area contributed by atoms with E-state index in [9.17, 15) is 14.4 Å². The third-order valence-electron chi connectivity index (χ3n) is 4.27. The summed E-state index contributed by atoms with van der Waals surface area (Å²) in [6, 6.07) is 3.62. The predicted molar refractivity (Wildman–Crippen MR) is 110 cm³/mol. The van der Waals surface area contributed by atoms with Crippen molar-refractivity contribution >= 4 is 51.6 Å². The molecule has 3 aromatic rings. The number of rotatable bonds is 6. The molecular weight excluding hydrogens is 425 g/mol. The van der Waals surface area contributed by atoms with Gasteiger partial charge in [-0.2, -0.15) is 4.98 Å². The van der Waals surface area contributed by atoms with E-state index in [4.69, 9.17) is 23.2 Å². The van der Waals surface area contributed by atoms with Gasteiger partial charge in [0.2, 0.25) is 11.2 Å². The molecule has 0 saturated carbocycles. The maximum absolute atomic E-state index is 12.9. The standard InChI is InChI=1S/C17H17Cl2N5O3S/c1-4-7-23(8-10-5-6-11(18)28-10)12(25)9-24-13-14(20-16(24)19)21(2)17(27)22(3)15(13)26/h4-6H,1,7-9H2,2-3H3. The molecule has 11 heteroatoms. The van der Waals surface area contributed by atoms with Crippen molar-refractivity contribution in [3.63, 3.8) is 0 Å². The van der Waals surface area contributed by atoms with Gasteiger partial charge in [-0.15, -0.1) is 17.9 Å². The van der Waals surface area contributed by atoms with E-state index < -0.39 is 11.2 Å². The van der Waals surface area contributed by atoms with Crippen LogP contribution < -0.4 is 11.2 Å². The SMILES string of the molecule is C=CCN(Cc1ccc(Cl)s1)C(=O)Cn1c(Cl)nc2c1c(=O)n(C)c(=O)n2C. The van der Waals surface area contributed by atoms with Crippen LogP contribution in [0.4, 0.5) is 0 Å². The number of hydrogen-bond acceptors (Lipinski definition) is 5. The molecule has 0 unspecified atom stereocenters. The second-order valence-corrected chi connectivity index (χ2v) is 8.25. The Hall–Kier alpha value is -2.36. The molecule has 0 N–H and O–H groups in total. The molecule has 0 aromatic carbocycles. The zero-order chi connectivity index (χ0) is 20.6. The molecule has 0 aliphatic carbocycles. The third kappa shape index (κ3) is 3.65. The van der Waals surface area contributed by atoms with Crippen LogP contribution in [-0.2, 0) is 32.0 Å². The number of nitrogens with zero attached hydrogens (tertiary/aromatic N) is 5. The topological polar surface area (TPSA) is 82.1 Å². The highest BCUT2D eigenvalue weighted by Gasteiger charge is 2.22. The van der Waals surface area contributed by atoms with Crippen molar-refractivity contribution < 1.29 is 4.79 Å². The monoisotopic (exact) mass is 441 g/mol. The Kier molecular flexibility index (Phi) is 5.78. The number of carbonyl (C=O) groups excluding carboxylic acids is 1. The Morgan fingerprint density at radius 3 is 2.61 bits per heavy atom. The van der Waals surface area contributed by atoms with Crippen molar-refractivity contribution in [3.8, 4) is 0 Å². The Bertz CT molecular complexity index is 1190. The number of aryl methyl sites for hydroxylation is 1. The first kappa shape index (κ1) is 20.4. The molecule has 0 aliphatic rings. The molecule has 8 nitrogen and oxygen atoms in total. The van der Waals surface area contributed by atoms with Gasteiger partial charge in [0.05, 0.1) is 10.9 Å². The number of fused-ring (bicyclic) bond motifs is 1. The summed E-state index contributed by atoms with van der Waals surface area (Å²) in [5.41, 5.74) is -0.856. The van der Waals surface area contributed by atoms with E-state index in [0.29, 0.717) is 17.4 Å². The van der Waals surface area contributed by atoms with E-state index >= 15 is 0 Å². The molecule has 3 aromatic heterocycles. The van der Waals surface area contributed by atoms with Crippen molar-refractivity contribution in [3.05, 3.63) is 60.1 Å². The quantitative estimate of drug-likeness (QED) is 0.432. The van der Waals surface area contributed by atoms with Crippen molar-refractivity contribution in [2.24, 2.45) is 14.1 Å². The van der Waals surface area contributed by atoms with Crippen molar-refractivity contribution in [1.82, 2.24) is 23.6 Å². The highest BCUT2D eigenvalue weighted by Crippen LogP contribution is 2.23. The zero-order valence-corrected chi connectivity index (χ0v) is 17.5. The molecule has 0 fully saturated rings. The van der Waals surface area contributed by atoms with E-state index in [1.165, 1.54) is 34.6 Å². The first-order valence-electron chi connectivity index (χ1n) is 8.19. The van der Waals surface area contributed by atoms with Crippen LogP contribution in [0.3, 0.4) is 0 Å². The van der Waals surface area contributed by atoms with Crippen LogP contribution in [0, 0.1) is 0 Å². The average molecular weight is 442 g/mol. The van der Waals surface area contributed by atoms with Crippen LogP contribution in [0.5, 0.6) is 0 Å². The first-order valence-corrected chi connectivity index (χ1v) is 9.76. The highest BCUT2D eigenvalue weighted by atomic mass is 35.5. The van der Waals surface area contributed by atoms with Gasteiger partial charge in [0, 0.05) is 25.5 Å². The van der Waals surface area contributed by atoms with Gasteiger partial charge >= 0.3 is 5.69 Å². The van der Waals surface area contributed by atoms with Crippen LogP contribution in [0.15, 0.2) is 34.4 Å². The Morgan fingerprint density at radius 1 is 1.29 bits per heavy atom. The van der Waals surface area contributed by atoms with E-state index in [-0.39, 0.29) is 28.9 Å². The maximum atomic E-state index is 12.9. The smallest absolute Gasteiger partial charge is 0.332 e. The summed E-state index contributed by atoms with van der Waals surface area (Å²) < 4.78 is 4.13. The molecule has 0 radical (unpaired) electrons. The molecule has 0 bridgehead atoms. The number of thiophene rings is 1. The molecular formula is C17H17Cl2N5O3S. The van der Waals surface area contributed by atoms with Crippen molar-refractivity contribution in [2.75, 3.05) is 6.54 Å². The van der Waals surface area contributed by atoms with Crippen LogP contribution in [0.2, 0.25) is 9.62 Å². The van der Waals surface area contributed by atoms with Gasteiger partial charge in [-0.3, -0.25) is 23.3 Å². The summed E-state index contributed by atoms with van der Waals surface area (Å²) >= 11 is 13.5. The molecule has 148 valence electrons. The lowest BCUT2D eigenvalue weighted by atomic mass is 10.3. The van der Waals surface area contributed by atoms with E-state index in [2.05, 4.69) is 11.6 Å². The summed E-state index contributed by atoms with van der Waals surface area (Å²) in [5.74, 6) is -0.276. The van der Waals surface area contributed by atoms with E-state index in [1.807, 2.05) is 6.07 Å². The summed E-state index contributed by atoms with van der Waals surface area (Å²) in [4.78, 5) is 44.2. The largest absolute Gasteiger partial charge is 0.332 e. The summed E-state index contributed by atoms with van der Waals surface area (Å²) in [6.45, 7) is 4.15. The van der Waals surface area contributed by atoms with Gasteiger partial charge in [0.15, 0.2) is 11.2 Å². The fourth-order valence-corrected chi connectivity index (χ4v) is 4.16. The minimum Gasteiger partial charge on any atom is -0.332 e. The number of carbonyl (C=O) groups is 1. The van der Waals surface area contributed by atoms with Crippen LogP contribution in [0.1, 0.15) is 4.88 Å². The molecule has 0 spiro atoms. The zero-order valence-electron chi connectivity index (χ0n) is 15.2. The minimum absolute atomic E-state index is 0.0422. The lowest BCUT2D eigenvalue weighted by molar-refractivity contribution is -0.131. The second-order valence-electron chi connectivity index (χ2n) is 6.11. The lowest BCUT2D eigenvalue weighted by Gasteiger charge is -2.21. The molecule has 0 aliphatic heterocycles. The number of aromatic nitrogens is 4. The third-order valence-corrected chi connectivity index (χ3v) is 5.78. The van der Waals surface area contributed by atoms with Gasteiger partial charge in [0.1, 0.15) is 6.54 Å². The second kappa shape index (κ2) is 7.94. The van der Waals surface area contributed by atoms with E-state index in [0.717, 1.165) is 9.44 Å². The average Bonchev–Trinajstić information content (AvgIpc) is 3.21. The van der Waals surface area contributed by atoms with Gasteiger partial charge in [-0.1, -0.05) is 17.7 Å². The molecule has 3 heterocycles. The summed E-state index contributed by atoms with van der Waals surface area (Å²) in [5, 5.41) is -0.0422. The minimum atomic E-state index is -0.564. The number of amides is 1. The molecule has 0 saturated heterocycles. The van der Waals surface area contributed by atoms with Crippen LogP contribution in [0.25, 0.3) is 11.2 Å². The number of halogens is 2. The Balaban J connectivity index is 1.99. The van der Waals surface area contributed by atoms with Gasteiger partial charge in [0.25, 0.3) is 5.56 Å². The van der Waals surface area contributed by atoms with Gasteiger partial charge in [-0.25, -0.2) is 4.79 Å². The number of imidazole rings is 1. The summed E-state index contributed by atoms with van der Waals surface area (Å²) in [6.07, 6.45) is 1.61. The normalized spacial score (nSPS) is 11.1. The Labute approximate surface area is 173 Å². The first-order chi connectivity index (χ1) is 13.2. The maximum Gasteiger partial charge on any atom is 0.332 e. The highest BCUT2D eigenvalue weighted by molar-refractivity contribution is 7.16. The molecule has 0 atom stereocenters. The summed E-state index contributed by atoms with van der Waals surface area (Å²) in [7, 11) is 2.85. The fraction of sp³-hybridized carbons (Fsp3) is 0.294. The molecule has 1 amide bonds. The van der Waals surface area contributed by atoms with Crippen LogP contribution >= 0.6 is 34.5 Å². The number of hydrogen-bond donors (Lipinski definition) is 0. The van der Waals surface area contributed by atoms with Crippen molar-refractivity contribution in [1.29, 1.82) is 0 Å². The fourth-order valence-electron chi connectivity index (χ4n) is 2.83. The molecule has 3 rings (SSSR count). The molecule has 28 heavy (non-hydrogen) atoms. The van der Waals surface area contributed by atoms with Gasteiger partial charge < -0.3 is 4.90 Å². The predicted octanol–water partition coefficient (Wildman–Crippen LogP) is 2.02.